The Hall–Kier alpha value is 0.270. The van der Waals surface area contributed by atoms with E-state index in [1.807, 2.05) is 11.8 Å². The van der Waals surface area contributed by atoms with Crippen LogP contribution in [-0.2, 0) is 0 Å². The van der Waals surface area contributed by atoms with Gasteiger partial charge in [-0.05, 0) is 18.1 Å². The first-order valence-electron chi connectivity index (χ1n) is 7.24. The fourth-order valence-corrected chi connectivity index (χ4v) is 2.99. The van der Waals surface area contributed by atoms with E-state index < -0.39 is 0 Å². The van der Waals surface area contributed by atoms with Gasteiger partial charge >= 0.3 is 0 Å². The van der Waals surface area contributed by atoms with Crippen molar-refractivity contribution in [1.82, 2.24) is 5.43 Å². The first-order valence-corrected chi connectivity index (χ1v) is 8.40. The number of rotatable bonds is 12. The molecule has 0 aliphatic carbocycles. The number of nitrogens with two attached hydrogens (primary N) is 1. The number of hydrogen-bond acceptors (Lipinski definition) is 3. The monoisotopic (exact) mass is 260 g/mol. The van der Waals surface area contributed by atoms with E-state index in [0.29, 0.717) is 6.04 Å². The number of thioether (sulfide) groups is 1. The summed E-state index contributed by atoms with van der Waals surface area (Å²) in [4.78, 5) is 0. The van der Waals surface area contributed by atoms with Crippen molar-refractivity contribution in [2.45, 2.75) is 71.8 Å². The highest BCUT2D eigenvalue weighted by atomic mass is 32.2. The minimum absolute atomic E-state index is 0.505. The molecule has 1 unspecified atom stereocenters. The van der Waals surface area contributed by atoms with E-state index in [4.69, 9.17) is 5.84 Å². The third-order valence-corrected chi connectivity index (χ3v) is 4.45. The fourth-order valence-electron chi connectivity index (χ4n) is 1.83. The second-order valence-corrected chi connectivity index (χ2v) is 6.43. The molecule has 0 aromatic rings. The lowest BCUT2D eigenvalue weighted by Crippen LogP contribution is -2.37. The molecule has 0 spiro atoms. The van der Waals surface area contributed by atoms with Crippen molar-refractivity contribution < 1.29 is 0 Å². The van der Waals surface area contributed by atoms with Gasteiger partial charge in [-0.25, -0.2) is 0 Å². The van der Waals surface area contributed by atoms with E-state index in [-0.39, 0.29) is 0 Å². The number of hydrazine groups is 1. The Morgan fingerprint density at radius 3 is 2.24 bits per heavy atom. The standard InChI is InChI=1S/C14H32N2S/c1-4-5-6-7-8-9-10-14(16-15)12-17-11-13(2)3/h13-14,16H,4-12,15H2,1-3H3. The van der Waals surface area contributed by atoms with E-state index in [2.05, 4.69) is 26.2 Å². The SMILES string of the molecule is CCCCCCCCC(CSCC(C)C)NN. The zero-order valence-corrected chi connectivity index (χ0v) is 12.8. The van der Waals surface area contributed by atoms with Crippen LogP contribution < -0.4 is 11.3 Å². The molecular formula is C14H32N2S. The van der Waals surface area contributed by atoms with Crippen LogP contribution in [0.1, 0.15) is 65.7 Å². The van der Waals surface area contributed by atoms with Crippen molar-refractivity contribution in [3.63, 3.8) is 0 Å². The molecule has 0 fully saturated rings. The summed E-state index contributed by atoms with van der Waals surface area (Å²) in [6.45, 7) is 6.80. The Morgan fingerprint density at radius 2 is 1.65 bits per heavy atom. The van der Waals surface area contributed by atoms with Crippen molar-refractivity contribution in [2.24, 2.45) is 11.8 Å². The van der Waals surface area contributed by atoms with Crippen molar-refractivity contribution >= 4 is 11.8 Å². The molecule has 3 heteroatoms. The van der Waals surface area contributed by atoms with Crippen molar-refractivity contribution in [3.8, 4) is 0 Å². The van der Waals surface area contributed by atoms with Crippen LogP contribution in [0.4, 0.5) is 0 Å². The van der Waals surface area contributed by atoms with Crippen LogP contribution in [0.5, 0.6) is 0 Å². The minimum Gasteiger partial charge on any atom is -0.271 e. The molecule has 17 heavy (non-hydrogen) atoms. The lowest BCUT2D eigenvalue weighted by Gasteiger charge is -2.16. The average molecular weight is 260 g/mol. The van der Waals surface area contributed by atoms with Crippen LogP contribution in [-0.4, -0.2) is 17.5 Å². The van der Waals surface area contributed by atoms with Gasteiger partial charge in [-0.2, -0.15) is 11.8 Å². The first-order chi connectivity index (χ1) is 8.20. The molecule has 0 rings (SSSR count). The maximum Gasteiger partial charge on any atom is 0.0301 e. The molecule has 1 atom stereocenters. The van der Waals surface area contributed by atoms with Crippen LogP contribution in [0, 0.1) is 5.92 Å². The molecule has 0 saturated carbocycles. The molecule has 0 heterocycles. The Kier molecular flexibility index (Phi) is 12.9. The predicted octanol–water partition coefficient (Wildman–Crippen LogP) is 3.96. The van der Waals surface area contributed by atoms with Crippen LogP contribution in [0.3, 0.4) is 0 Å². The van der Waals surface area contributed by atoms with Gasteiger partial charge in [0.1, 0.15) is 0 Å². The van der Waals surface area contributed by atoms with Crippen LogP contribution in [0.2, 0.25) is 0 Å². The molecule has 0 saturated heterocycles. The summed E-state index contributed by atoms with van der Waals surface area (Å²) < 4.78 is 0. The molecular weight excluding hydrogens is 228 g/mol. The molecule has 2 nitrogen and oxygen atoms in total. The molecule has 0 aliphatic rings. The van der Waals surface area contributed by atoms with E-state index in [1.165, 1.54) is 50.7 Å². The molecule has 0 bridgehead atoms. The van der Waals surface area contributed by atoms with Crippen LogP contribution >= 0.6 is 11.8 Å². The van der Waals surface area contributed by atoms with Crippen molar-refractivity contribution in [2.75, 3.05) is 11.5 Å². The van der Waals surface area contributed by atoms with Crippen LogP contribution in [0.25, 0.3) is 0 Å². The highest BCUT2D eigenvalue weighted by Crippen LogP contribution is 2.13. The number of nitrogens with one attached hydrogen (secondary N) is 1. The normalized spacial score (nSPS) is 13.2. The Bertz CT molecular complexity index is 151. The second kappa shape index (κ2) is 12.7. The van der Waals surface area contributed by atoms with Gasteiger partial charge in [-0.1, -0.05) is 59.3 Å². The van der Waals surface area contributed by atoms with Gasteiger partial charge in [0.05, 0.1) is 0 Å². The predicted molar refractivity (Wildman–Crippen MR) is 81.3 cm³/mol. The zero-order chi connectivity index (χ0) is 12.9. The third kappa shape index (κ3) is 12.5. The van der Waals surface area contributed by atoms with Gasteiger partial charge in [0, 0.05) is 11.8 Å². The van der Waals surface area contributed by atoms with Gasteiger partial charge in [0.2, 0.25) is 0 Å². The summed E-state index contributed by atoms with van der Waals surface area (Å²) in [7, 11) is 0. The fraction of sp³-hybridized carbons (Fsp3) is 1.00. The molecule has 3 N–H and O–H groups in total. The smallest absolute Gasteiger partial charge is 0.0301 e. The quantitative estimate of drug-likeness (QED) is 0.317. The Balaban J connectivity index is 3.35. The Labute approximate surface area is 112 Å². The van der Waals surface area contributed by atoms with E-state index in [9.17, 15) is 0 Å². The van der Waals surface area contributed by atoms with E-state index >= 15 is 0 Å². The van der Waals surface area contributed by atoms with E-state index in [1.54, 1.807) is 0 Å². The molecule has 0 radical (unpaired) electrons. The van der Waals surface area contributed by atoms with Gasteiger partial charge in [-0.15, -0.1) is 0 Å². The molecule has 0 aromatic heterocycles. The topological polar surface area (TPSA) is 38.0 Å². The summed E-state index contributed by atoms with van der Waals surface area (Å²) in [5.41, 5.74) is 2.96. The average Bonchev–Trinajstić information content (AvgIpc) is 2.30. The Morgan fingerprint density at radius 1 is 1.00 bits per heavy atom. The summed E-state index contributed by atoms with van der Waals surface area (Å²) in [6.07, 6.45) is 9.44. The number of hydrogen-bond donors (Lipinski definition) is 2. The lowest BCUT2D eigenvalue weighted by molar-refractivity contribution is 0.494. The molecule has 104 valence electrons. The third-order valence-electron chi connectivity index (χ3n) is 2.91. The van der Waals surface area contributed by atoms with Gasteiger partial charge in [0.15, 0.2) is 0 Å². The largest absolute Gasteiger partial charge is 0.271 e. The van der Waals surface area contributed by atoms with Crippen LogP contribution in [0.15, 0.2) is 0 Å². The van der Waals surface area contributed by atoms with Gasteiger partial charge in [-0.3, -0.25) is 11.3 Å². The summed E-state index contributed by atoms with van der Waals surface area (Å²) in [5.74, 6) is 8.77. The zero-order valence-electron chi connectivity index (χ0n) is 12.0. The highest BCUT2D eigenvalue weighted by Gasteiger charge is 2.06. The summed E-state index contributed by atoms with van der Waals surface area (Å²) in [5, 5.41) is 0. The second-order valence-electron chi connectivity index (χ2n) is 5.35. The van der Waals surface area contributed by atoms with Crippen molar-refractivity contribution in [3.05, 3.63) is 0 Å². The maximum absolute atomic E-state index is 5.59. The highest BCUT2D eigenvalue weighted by molar-refractivity contribution is 7.99. The summed E-state index contributed by atoms with van der Waals surface area (Å²) >= 11 is 2.02. The first kappa shape index (κ1) is 17.3. The summed E-state index contributed by atoms with van der Waals surface area (Å²) in [6, 6.07) is 0.505. The van der Waals surface area contributed by atoms with E-state index in [0.717, 1.165) is 11.7 Å². The molecule has 0 aromatic carbocycles. The maximum atomic E-state index is 5.59. The lowest BCUT2D eigenvalue weighted by atomic mass is 10.1. The molecule has 0 aliphatic heterocycles. The molecule has 0 amide bonds. The number of unbranched alkanes of at least 4 members (excludes halogenated alkanes) is 5. The van der Waals surface area contributed by atoms with Gasteiger partial charge in [0.25, 0.3) is 0 Å². The minimum atomic E-state index is 0.505. The van der Waals surface area contributed by atoms with Crippen molar-refractivity contribution in [1.29, 1.82) is 0 Å². The van der Waals surface area contributed by atoms with Gasteiger partial charge < -0.3 is 0 Å².